The van der Waals surface area contributed by atoms with Crippen LogP contribution in [0.1, 0.15) is 15.9 Å². The van der Waals surface area contributed by atoms with Crippen molar-refractivity contribution < 1.29 is 9.59 Å². The van der Waals surface area contributed by atoms with Crippen LogP contribution in [0.4, 0.5) is 5.69 Å². The number of fused-ring (bicyclic) bond motifs is 1. The van der Waals surface area contributed by atoms with Gasteiger partial charge in [0.25, 0.3) is 5.91 Å². The van der Waals surface area contributed by atoms with Crippen molar-refractivity contribution in [1.29, 1.82) is 0 Å². The van der Waals surface area contributed by atoms with Gasteiger partial charge < -0.3 is 10.2 Å². The third-order valence-electron chi connectivity index (χ3n) is 4.38. The summed E-state index contributed by atoms with van der Waals surface area (Å²) in [5.74, 6) is -0.249. The lowest BCUT2D eigenvalue weighted by atomic mass is 10.1. The second-order valence-corrected chi connectivity index (χ2v) is 6.48. The molecule has 3 rings (SSSR count). The second-order valence-electron chi connectivity index (χ2n) is 6.48. The molecule has 0 radical (unpaired) electrons. The summed E-state index contributed by atoms with van der Waals surface area (Å²) < 4.78 is 0. The monoisotopic (exact) mass is 337 g/mol. The van der Waals surface area contributed by atoms with Crippen molar-refractivity contribution in [2.24, 2.45) is 0 Å². The first kappa shape index (κ1) is 17.2. The van der Waals surface area contributed by atoms with E-state index in [1.807, 2.05) is 61.5 Å². The van der Waals surface area contributed by atoms with Crippen LogP contribution in [0.2, 0.25) is 0 Å². The largest absolute Gasteiger partial charge is 0.353 e. The predicted octanol–water partition coefficient (Wildman–Crippen LogP) is 1.94. The first-order valence-electron chi connectivity index (χ1n) is 8.47. The van der Waals surface area contributed by atoms with Crippen LogP contribution in [0.3, 0.4) is 0 Å². The van der Waals surface area contributed by atoms with E-state index in [1.54, 1.807) is 17.0 Å². The lowest BCUT2D eigenvalue weighted by Crippen LogP contribution is -2.49. The topological polar surface area (TPSA) is 52.7 Å². The molecule has 1 aliphatic heterocycles. The average molecular weight is 337 g/mol. The molecule has 130 valence electrons. The highest BCUT2D eigenvalue weighted by atomic mass is 16.2. The van der Waals surface area contributed by atoms with Gasteiger partial charge in [-0.15, -0.1) is 0 Å². The fourth-order valence-corrected chi connectivity index (χ4v) is 3.09. The van der Waals surface area contributed by atoms with Crippen LogP contribution in [0.15, 0.2) is 54.6 Å². The molecule has 0 aliphatic carbocycles. The molecule has 1 aliphatic rings. The highest BCUT2D eigenvalue weighted by Crippen LogP contribution is 2.33. The zero-order valence-corrected chi connectivity index (χ0v) is 14.6. The van der Waals surface area contributed by atoms with Gasteiger partial charge in [-0.05, 0) is 37.9 Å². The summed E-state index contributed by atoms with van der Waals surface area (Å²) in [4.78, 5) is 29.4. The van der Waals surface area contributed by atoms with Gasteiger partial charge in [0, 0.05) is 30.8 Å². The number of rotatable bonds is 5. The second kappa shape index (κ2) is 7.49. The van der Waals surface area contributed by atoms with E-state index in [2.05, 4.69) is 5.32 Å². The quantitative estimate of drug-likeness (QED) is 0.907. The number of para-hydroxylation sites is 1. The average Bonchev–Trinajstić information content (AvgIpc) is 3.01. The van der Waals surface area contributed by atoms with Crippen molar-refractivity contribution in [3.63, 3.8) is 0 Å². The van der Waals surface area contributed by atoms with Gasteiger partial charge in [-0.25, -0.2) is 0 Å². The van der Waals surface area contributed by atoms with Crippen molar-refractivity contribution in [3.8, 4) is 0 Å². The molecular weight excluding hydrogens is 314 g/mol. The first-order chi connectivity index (χ1) is 12.1. The maximum Gasteiger partial charge on any atom is 0.259 e. The Morgan fingerprint density at radius 3 is 2.48 bits per heavy atom. The minimum absolute atomic E-state index is 0.109. The minimum atomic E-state index is -0.507. The van der Waals surface area contributed by atoms with E-state index in [-0.39, 0.29) is 11.8 Å². The van der Waals surface area contributed by atoms with Crippen LogP contribution in [0.5, 0.6) is 0 Å². The molecule has 2 aromatic rings. The van der Waals surface area contributed by atoms with Crippen LogP contribution >= 0.6 is 0 Å². The Bertz CT molecular complexity index is 759. The fourth-order valence-electron chi connectivity index (χ4n) is 3.09. The first-order valence-corrected chi connectivity index (χ1v) is 8.47. The molecule has 1 atom stereocenters. The molecule has 0 fully saturated rings. The third-order valence-corrected chi connectivity index (χ3v) is 4.38. The van der Waals surface area contributed by atoms with E-state index < -0.39 is 6.04 Å². The molecule has 5 nitrogen and oxygen atoms in total. The number of benzene rings is 2. The summed E-state index contributed by atoms with van der Waals surface area (Å²) in [6, 6.07) is 16.3. The van der Waals surface area contributed by atoms with E-state index in [0.717, 1.165) is 17.8 Å². The van der Waals surface area contributed by atoms with Gasteiger partial charge in [-0.1, -0.05) is 36.4 Å². The smallest absolute Gasteiger partial charge is 0.259 e. The molecule has 0 saturated heterocycles. The van der Waals surface area contributed by atoms with E-state index in [9.17, 15) is 9.59 Å². The van der Waals surface area contributed by atoms with Crippen molar-refractivity contribution in [2.75, 3.05) is 32.1 Å². The maximum atomic E-state index is 13.0. The number of hydrogen-bond donors (Lipinski definition) is 1. The number of carbonyl (C=O) groups excluding carboxylic acids is 2. The molecular formula is C20H23N3O2. The number of carbonyl (C=O) groups is 2. The molecule has 1 N–H and O–H groups in total. The third kappa shape index (κ3) is 3.72. The van der Waals surface area contributed by atoms with Gasteiger partial charge >= 0.3 is 0 Å². The molecule has 0 saturated carbocycles. The zero-order chi connectivity index (χ0) is 17.8. The van der Waals surface area contributed by atoms with E-state index in [4.69, 9.17) is 0 Å². The summed E-state index contributed by atoms with van der Waals surface area (Å²) in [6.07, 6.45) is 0.544. The van der Waals surface area contributed by atoms with Crippen LogP contribution in [-0.2, 0) is 11.2 Å². The lowest BCUT2D eigenvalue weighted by molar-refractivity contribution is -0.122. The van der Waals surface area contributed by atoms with Crippen molar-refractivity contribution in [1.82, 2.24) is 10.2 Å². The zero-order valence-electron chi connectivity index (χ0n) is 14.6. The number of amides is 2. The molecule has 0 aromatic heterocycles. The molecule has 2 aromatic carbocycles. The SMILES string of the molecule is CN(C)CCNC(=O)C1Cc2ccccc2N1C(=O)c1ccccc1. The Hall–Kier alpha value is -2.66. The Labute approximate surface area is 148 Å². The number of likely N-dealkylation sites (N-methyl/N-ethyl adjacent to an activating group) is 1. The maximum absolute atomic E-state index is 13.0. The summed E-state index contributed by atoms with van der Waals surface area (Å²) >= 11 is 0. The normalized spacial score (nSPS) is 16.0. The van der Waals surface area contributed by atoms with Crippen molar-refractivity contribution in [3.05, 3.63) is 65.7 Å². The Kier molecular flexibility index (Phi) is 5.14. The Morgan fingerprint density at radius 1 is 1.08 bits per heavy atom. The molecule has 0 bridgehead atoms. The highest BCUT2D eigenvalue weighted by Gasteiger charge is 2.38. The van der Waals surface area contributed by atoms with Gasteiger partial charge in [0.05, 0.1) is 0 Å². The Morgan fingerprint density at radius 2 is 1.76 bits per heavy atom. The fraction of sp³-hybridized carbons (Fsp3) is 0.300. The molecule has 5 heteroatoms. The number of hydrogen-bond acceptors (Lipinski definition) is 3. The van der Waals surface area contributed by atoms with Gasteiger partial charge in [0.2, 0.25) is 5.91 Å². The summed E-state index contributed by atoms with van der Waals surface area (Å²) in [7, 11) is 3.92. The summed E-state index contributed by atoms with van der Waals surface area (Å²) in [6.45, 7) is 1.32. The Balaban J connectivity index is 1.85. The van der Waals surface area contributed by atoms with Crippen LogP contribution in [-0.4, -0.2) is 49.9 Å². The number of anilines is 1. The number of nitrogens with zero attached hydrogens (tertiary/aromatic N) is 2. The van der Waals surface area contributed by atoms with Gasteiger partial charge in [0.1, 0.15) is 6.04 Å². The number of nitrogens with one attached hydrogen (secondary N) is 1. The molecule has 2 amide bonds. The molecule has 0 spiro atoms. The standard InChI is InChI=1S/C20H23N3O2/c1-22(2)13-12-21-19(24)18-14-16-10-6-7-11-17(16)23(18)20(25)15-8-4-3-5-9-15/h3-11,18H,12-14H2,1-2H3,(H,21,24). The van der Waals surface area contributed by atoms with Crippen LogP contribution in [0.25, 0.3) is 0 Å². The van der Waals surface area contributed by atoms with Crippen LogP contribution < -0.4 is 10.2 Å². The molecule has 25 heavy (non-hydrogen) atoms. The minimum Gasteiger partial charge on any atom is -0.353 e. The molecule has 1 heterocycles. The lowest BCUT2D eigenvalue weighted by Gasteiger charge is -2.25. The predicted molar refractivity (Wildman–Crippen MR) is 98.7 cm³/mol. The highest BCUT2D eigenvalue weighted by molar-refractivity contribution is 6.11. The summed E-state index contributed by atoms with van der Waals surface area (Å²) in [5.41, 5.74) is 2.44. The van der Waals surface area contributed by atoms with Gasteiger partial charge in [-0.3, -0.25) is 14.5 Å². The van der Waals surface area contributed by atoms with Crippen LogP contribution in [0, 0.1) is 0 Å². The van der Waals surface area contributed by atoms with E-state index >= 15 is 0 Å². The van der Waals surface area contributed by atoms with E-state index in [1.165, 1.54) is 0 Å². The van der Waals surface area contributed by atoms with E-state index in [0.29, 0.717) is 18.5 Å². The van der Waals surface area contributed by atoms with Gasteiger partial charge in [0.15, 0.2) is 0 Å². The van der Waals surface area contributed by atoms with Crippen molar-refractivity contribution >= 4 is 17.5 Å². The van der Waals surface area contributed by atoms with Gasteiger partial charge in [-0.2, -0.15) is 0 Å². The summed E-state index contributed by atoms with van der Waals surface area (Å²) in [5, 5.41) is 2.95. The molecule has 1 unspecified atom stereocenters. The van der Waals surface area contributed by atoms with Crippen molar-refractivity contribution in [2.45, 2.75) is 12.5 Å².